The molecule has 0 bridgehead atoms. The van der Waals surface area contributed by atoms with Crippen LogP contribution in [-0.4, -0.2) is 45.0 Å². The Morgan fingerprint density at radius 2 is 1.91 bits per heavy atom. The molecule has 2 aliphatic heterocycles. The van der Waals surface area contributed by atoms with E-state index in [0.29, 0.717) is 29.2 Å². The summed E-state index contributed by atoms with van der Waals surface area (Å²) in [6, 6.07) is 8.71. The van der Waals surface area contributed by atoms with Crippen molar-refractivity contribution >= 4 is 27.5 Å². The predicted molar refractivity (Wildman–Crippen MR) is 137 cm³/mol. The fraction of sp³-hybridized carbons (Fsp3) is 0.500. The second-order valence-corrected chi connectivity index (χ2v) is 11.8. The summed E-state index contributed by atoms with van der Waals surface area (Å²) in [6.45, 7) is 8.87. The van der Waals surface area contributed by atoms with Crippen molar-refractivity contribution in [3.63, 3.8) is 0 Å². The van der Waals surface area contributed by atoms with Crippen LogP contribution >= 0.6 is 11.6 Å². The normalized spacial score (nSPS) is 19.1. The van der Waals surface area contributed by atoms with Gasteiger partial charge >= 0.3 is 0 Å². The lowest BCUT2D eigenvalue weighted by molar-refractivity contribution is -0.122. The number of rotatable bonds is 8. The molecule has 7 nitrogen and oxygen atoms in total. The predicted octanol–water partition coefficient (Wildman–Crippen LogP) is 4.25. The van der Waals surface area contributed by atoms with Crippen LogP contribution in [0.15, 0.2) is 35.2 Å². The number of halogens is 1. The van der Waals surface area contributed by atoms with Crippen molar-refractivity contribution < 1.29 is 17.9 Å². The molecule has 2 aromatic rings. The molecular formula is C26H34ClN3O4S. The third kappa shape index (κ3) is 6.36. The standard InChI is InChI=1S/C26H34ClN3O4S/c1-17-13-25(18(2)12-22(17)27)35(32,33)29-19(3)14-26(31)28-23-8-11-34-24-15-20(6-7-21(23)24)16-30-9-4-5-10-30/h6-7,12-13,15,19,23,29H,4-5,8-11,14,16H2,1-3H3,(H,28,31)/t19-,23+/m0/s1. The van der Waals surface area contributed by atoms with Crippen molar-refractivity contribution in [3.8, 4) is 5.75 Å². The van der Waals surface area contributed by atoms with E-state index in [9.17, 15) is 13.2 Å². The number of benzene rings is 2. The van der Waals surface area contributed by atoms with Crippen LogP contribution in [0.4, 0.5) is 0 Å². The Balaban J connectivity index is 1.37. The minimum absolute atomic E-state index is 0.0323. The molecule has 2 aliphatic rings. The number of ether oxygens (including phenoxy) is 1. The van der Waals surface area contributed by atoms with Gasteiger partial charge in [-0.1, -0.05) is 23.7 Å². The smallest absolute Gasteiger partial charge is 0.241 e. The molecule has 2 heterocycles. The van der Waals surface area contributed by atoms with Crippen LogP contribution < -0.4 is 14.8 Å². The maximum absolute atomic E-state index is 12.9. The summed E-state index contributed by atoms with van der Waals surface area (Å²) < 4.78 is 34.3. The Morgan fingerprint density at radius 3 is 2.66 bits per heavy atom. The quantitative estimate of drug-likeness (QED) is 0.544. The number of amides is 1. The summed E-state index contributed by atoms with van der Waals surface area (Å²) in [7, 11) is -3.78. The van der Waals surface area contributed by atoms with Gasteiger partial charge in [0, 0.05) is 36.0 Å². The first-order valence-electron chi connectivity index (χ1n) is 12.2. The van der Waals surface area contributed by atoms with Gasteiger partial charge in [-0.3, -0.25) is 9.69 Å². The zero-order chi connectivity index (χ0) is 25.2. The average molecular weight is 520 g/mol. The van der Waals surface area contributed by atoms with Gasteiger partial charge in [0.15, 0.2) is 0 Å². The summed E-state index contributed by atoms with van der Waals surface area (Å²) in [5.41, 5.74) is 3.43. The average Bonchev–Trinajstić information content (AvgIpc) is 3.28. The third-order valence-corrected chi connectivity index (χ3v) is 8.79. The lowest BCUT2D eigenvalue weighted by atomic mass is 9.98. The lowest BCUT2D eigenvalue weighted by Gasteiger charge is -2.28. The van der Waals surface area contributed by atoms with Crippen LogP contribution in [0.3, 0.4) is 0 Å². The van der Waals surface area contributed by atoms with Gasteiger partial charge < -0.3 is 10.1 Å². The largest absolute Gasteiger partial charge is 0.493 e. The fourth-order valence-electron chi connectivity index (χ4n) is 4.83. The number of hydrogen-bond acceptors (Lipinski definition) is 5. The highest BCUT2D eigenvalue weighted by Crippen LogP contribution is 2.33. The lowest BCUT2D eigenvalue weighted by Crippen LogP contribution is -2.39. The van der Waals surface area contributed by atoms with Crippen molar-refractivity contribution in [2.24, 2.45) is 0 Å². The van der Waals surface area contributed by atoms with Gasteiger partial charge in [0.2, 0.25) is 15.9 Å². The van der Waals surface area contributed by atoms with Crippen molar-refractivity contribution in [2.45, 2.75) is 70.0 Å². The van der Waals surface area contributed by atoms with E-state index < -0.39 is 16.1 Å². The zero-order valence-corrected chi connectivity index (χ0v) is 22.1. The van der Waals surface area contributed by atoms with E-state index >= 15 is 0 Å². The number of likely N-dealkylation sites (tertiary alicyclic amines) is 1. The maximum atomic E-state index is 12.9. The Hall–Kier alpha value is -2.13. The number of nitrogens with one attached hydrogen (secondary N) is 2. The molecule has 0 spiro atoms. The number of hydrogen-bond donors (Lipinski definition) is 2. The van der Waals surface area contributed by atoms with E-state index in [2.05, 4.69) is 27.1 Å². The van der Waals surface area contributed by atoms with Crippen molar-refractivity contribution in [1.82, 2.24) is 14.9 Å². The van der Waals surface area contributed by atoms with Gasteiger partial charge in [0.25, 0.3) is 0 Å². The van der Waals surface area contributed by atoms with Gasteiger partial charge in [0.1, 0.15) is 5.75 Å². The topological polar surface area (TPSA) is 87.7 Å². The molecule has 0 saturated carbocycles. The molecule has 190 valence electrons. The van der Waals surface area contributed by atoms with Gasteiger partial charge in [0.05, 0.1) is 17.5 Å². The van der Waals surface area contributed by atoms with Gasteiger partial charge in [-0.15, -0.1) is 0 Å². The summed E-state index contributed by atoms with van der Waals surface area (Å²) in [4.78, 5) is 15.4. The van der Waals surface area contributed by atoms with E-state index in [-0.39, 0.29) is 23.3 Å². The maximum Gasteiger partial charge on any atom is 0.241 e. The SMILES string of the molecule is Cc1cc(S(=O)(=O)N[C@@H](C)CC(=O)N[C@@H]2CCOc3cc(CN4CCCC4)ccc32)c(C)cc1Cl. The third-order valence-electron chi connectivity index (χ3n) is 6.65. The summed E-state index contributed by atoms with van der Waals surface area (Å²) in [5.74, 6) is 0.615. The highest BCUT2D eigenvalue weighted by Gasteiger charge is 2.26. The molecule has 0 aromatic heterocycles. The molecule has 4 rings (SSSR count). The van der Waals surface area contributed by atoms with E-state index in [1.165, 1.54) is 18.4 Å². The highest BCUT2D eigenvalue weighted by molar-refractivity contribution is 7.89. The summed E-state index contributed by atoms with van der Waals surface area (Å²) in [6.07, 6.45) is 3.21. The van der Waals surface area contributed by atoms with Crippen LogP contribution in [0.25, 0.3) is 0 Å². The first kappa shape index (κ1) is 25.9. The molecule has 0 unspecified atom stereocenters. The first-order chi connectivity index (χ1) is 16.6. The van der Waals surface area contributed by atoms with E-state index in [4.69, 9.17) is 16.3 Å². The molecule has 1 saturated heterocycles. The van der Waals surface area contributed by atoms with Crippen LogP contribution in [0.1, 0.15) is 60.9 Å². The zero-order valence-electron chi connectivity index (χ0n) is 20.6. The molecule has 1 amide bonds. The van der Waals surface area contributed by atoms with Gasteiger partial charge in [-0.05, 0) is 81.6 Å². The van der Waals surface area contributed by atoms with Gasteiger partial charge in [-0.2, -0.15) is 0 Å². The minimum atomic E-state index is -3.78. The Labute approximate surface area is 213 Å². The molecule has 2 N–H and O–H groups in total. The number of carbonyl (C=O) groups is 1. The Bertz CT molecular complexity index is 1200. The van der Waals surface area contributed by atoms with Crippen molar-refractivity contribution in [2.75, 3.05) is 19.7 Å². The minimum Gasteiger partial charge on any atom is -0.493 e. The first-order valence-corrected chi connectivity index (χ1v) is 14.0. The molecule has 1 fully saturated rings. The molecule has 2 atom stereocenters. The van der Waals surface area contributed by atoms with E-state index in [1.54, 1.807) is 32.9 Å². The summed E-state index contributed by atoms with van der Waals surface area (Å²) in [5, 5.41) is 3.59. The molecule has 0 radical (unpaired) electrons. The highest BCUT2D eigenvalue weighted by atomic mass is 35.5. The van der Waals surface area contributed by atoms with E-state index in [1.807, 2.05) is 6.07 Å². The number of nitrogens with zero attached hydrogens (tertiary/aromatic N) is 1. The molecule has 2 aromatic carbocycles. The fourth-order valence-corrected chi connectivity index (χ4v) is 6.60. The molecule has 9 heteroatoms. The molecular weight excluding hydrogens is 486 g/mol. The van der Waals surface area contributed by atoms with Crippen molar-refractivity contribution in [3.05, 3.63) is 57.6 Å². The van der Waals surface area contributed by atoms with Crippen molar-refractivity contribution in [1.29, 1.82) is 0 Å². The van der Waals surface area contributed by atoms with Crippen LogP contribution in [-0.2, 0) is 21.4 Å². The molecule has 0 aliphatic carbocycles. The number of carbonyl (C=O) groups excluding carboxylic acids is 1. The Kier molecular flexibility index (Phi) is 8.06. The number of aryl methyl sites for hydroxylation is 2. The van der Waals surface area contributed by atoms with Crippen LogP contribution in [0.5, 0.6) is 5.75 Å². The molecule has 35 heavy (non-hydrogen) atoms. The second-order valence-electron chi connectivity index (χ2n) is 9.71. The van der Waals surface area contributed by atoms with Crippen LogP contribution in [0, 0.1) is 13.8 Å². The Morgan fingerprint density at radius 1 is 1.17 bits per heavy atom. The second kappa shape index (κ2) is 10.9. The van der Waals surface area contributed by atoms with Gasteiger partial charge in [-0.25, -0.2) is 13.1 Å². The summed E-state index contributed by atoms with van der Waals surface area (Å²) >= 11 is 6.11. The monoisotopic (exact) mass is 519 g/mol. The van der Waals surface area contributed by atoms with Crippen LogP contribution in [0.2, 0.25) is 5.02 Å². The number of sulfonamides is 1. The number of fused-ring (bicyclic) bond motifs is 1. The van der Waals surface area contributed by atoms with E-state index in [0.717, 1.165) is 30.9 Å².